The van der Waals surface area contributed by atoms with Crippen molar-refractivity contribution in [2.24, 2.45) is 0 Å². The predicted octanol–water partition coefficient (Wildman–Crippen LogP) is 4.04. The Balaban J connectivity index is 2.26. The first kappa shape index (κ1) is 13.6. The van der Waals surface area contributed by atoms with Crippen molar-refractivity contribution in [3.63, 3.8) is 0 Å². The summed E-state index contributed by atoms with van der Waals surface area (Å²) in [5.41, 5.74) is 1.88. The summed E-state index contributed by atoms with van der Waals surface area (Å²) in [4.78, 5) is 0. The Hall–Kier alpha value is -1.87. The van der Waals surface area contributed by atoms with Gasteiger partial charge < -0.3 is 10.1 Å². The first-order chi connectivity index (χ1) is 9.20. The molecule has 0 aliphatic heterocycles. The summed E-state index contributed by atoms with van der Waals surface area (Å²) in [6.07, 6.45) is 0. The number of ether oxygens (including phenoxy) is 1. The van der Waals surface area contributed by atoms with E-state index in [0.29, 0.717) is 12.3 Å². The van der Waals surface area contributed by atoms with E-state index in [1.165, 1.54) is 12.1 Å². The van der Waals surface area contributed by atoms with Crippen molar-refractivity contribution in [3.8, 4) is 11.5 Å². The zero-order valence-electron chi connectivity index (χ0n) is 11.2. The first-order valence-corrected chi connectivity index (χ1v) is 6.43. The maximum absolute atomic E-state index is 13.3. The molecule has 1 N–H and O–H groups in total. The van der Waals surface area contributed by atoms with Crippen molar-refractivity contribution in [2.75, 3.05) is 6.54 Å². The molecule has 3 heteroatoms. The molecule has 0 saturated heterocycles. The van der Waals surface area contributed by atoms with E-state index in [1.54, 1.807) is 6.07 Å². The fraction of sp³-hybridized carbons (Fsp3) is 0.250. The molecule has 0 aromatic heterocycles. The summed E-state index contributed by atoms with van der Waals surface area (Å²) in [5.74, 6) is 1.24. The monoisotopic (exact) mass is 259 g/mol. The van der Waals surface area contributed by atoms with E-state index in [9.17, 15) is 4.39 Å². The minimum Gasteiger partial charge on any atom is -0.457 e. The third-order valence-corrected chi connectivity index (χ3v) is 2.90. The van der Waals surface area contributed by atoms with Crippen LogP contribution in [-0.2, 0) is 6.54 Å². The van der Waals surface area contributed by atoms with Gasteiger partial charge in [-0.05, 0) is 43.3 Å². The van der Waals surface area contributed by atoms with Crippen LogP contribution in [0.5, 0.6) is 11.5 Å². The van der Waals surface area contributed by atoms with E-state index < -0.39 is 0 Å². The second kappa shape index (κ2) is 6.34. The lowest BCUT2D eigenvalue weighted by atomic mass is 10.2. The molecule has 2 rings (SSSR count). The number of hydrogen-bond acceptors (Lipinski definition) is 2. The summed E-state index contributed by atoms with van der Waals surface area (Å²) < 4.78 is 19.2. The van der Waals surface area contributed by atoms with Crippen LogP contribution in [0.15, 0.2) is 42.5 Å². The molecule has 0 aliphatic carbocycles. The molecule has 0 amide bonds. The first-order valence-electron chi connectivity index (χ1n) is 6.43. The molecule has 0 aliphatic rings. The van der Waals surface area contributed by atoms with Gasteiger partial charge in [-0.2, -0.15) is 0 Å². The Bertz CT molecular complexity index is 554. The zero-order chi connectivity index (χ0) is 13.7. The van der Waals surface area contributed by atoms with E-state index in [1.807, 2.05) is 38.1 Å². The summed E-state index contributed by atoms with van der Waals surface area (Å²) in [5, 5.41) is 3.19. The highest BCUT2D eigenvalue weighted by atomic mass is 19.1. The zero-order valence-corrected chi connectivity index (χ0v) is 11.2. The number of nitrogens with one attached hydrogen (secondary N) is 1. The number of rotatable bonds is 5. The molecule has 2 aromatic carbocycles. The van der Waals surface area contributed by atoms with Gasteiger partial charge in [0.05, 0.1) is 0 Å². The van der Waals surface area contributed by atoms with Crippen LogP contribution in [-0.4, -0.2) is 6.54 Å². The third kappa shape index (κ3) is 3.55. The number of para-hydroxylation sites is 1. The van der Waals surface area contributed by atoms with Crippen molar-refractivity contribution in [3.05, 3.63) is 59.4 Å². The molecule has 19 heavy (non-hydrogen) atoms. The number of halogens is 1. The van der Waals surface area contributed by atoms with Gasteiger partial charge in [0.15, 0.2) is 0 Å². The van der Waals surface area contributed by atoms with Gasteiger partial charge in [-0.25, -0.2) is 4.39 Å². The van der Waals surface area contributed by atoms with E-state index in [0.717, 1.165) is 23.4 Å². The molecule has 0 fully saturated rings. The fourth-order valence-electron chi connectivity index (χ4n) is 1.83. The number of benzene rings is 2. The third-order valence-electron chi connectivity index (χ3n) is 2.90. The molecule has 0 radical (unpaired) electrons. The van der Waals surface area contributed by atoms with Crippen molar-refractivity contribution in [2.45, 2.75) is 20.4 Å². The highest BCUT2D eigenvalue weighted by Crippen LogP contribution is 2.28. The summed E-state index contributed by atoms with van der Waals surface area (Å²) >= 11 is 0. The summed E-state index contributed by atoms with van der Waals surface area (Å²) in [7, 11) is 0. The summed E-state index contributed by atoms with van der Waals surface area (Å²) in [6.45, 7) is 5.43. The highest BCUT2D eigenvalue weighted by molar-refractivity contribution is 5.41. The van der Waals surface area contributed by atoms with E-state index in [4.69, 9.17) is 4.74 Å². The second-order valence-corrected chi connectivity index (χ2v) is 4.40. The molecule has 0 bridgehead atoms. The van der Waals surface area contributed by atoms with Gasteiger partial charge in [-0.3, -0.25) is 0 Å². The van der Waals surface area contributed by atoms with Crippen LogP contribution in [0, 0.1) is 12.7 Å². The largest absolute Gasteiger partial charge is 0.457 e. The van der Waals surface area contributed by atoms with Crippen molar-refractivity contribution < 1.29 is 9.13 Å². The Morgan fingerprint density at radius 2 is 1.89 bits per heavy atom. The van der Waals surface area contributed by atoms with Crippen LogP contribution >= 0.6 is 0 Å². The molecule has 0 atom stereocenters. The predicted molar refractivity (Wildman–Crippen MR) is 75.0 cm³/mol. The fourth-order valence-corrected chi connectivity index (χ4v) is 1.83. The number of aryl methyl sites for hydroxylation is 1. The van der Waals surface area contributed by atoms with Crippen molar-refractivity contribution in [1.82, 2.24) is 5.32 Å². The van der Waals surface area contributed by atoms with Crippen LogP contribution in [0.1, 0.15) is 18.1 Å². The molecule has 0 spiro atoms. The smallest absolute Gasteiger partial charge is 0.132 e. The summed E-state index contributed by atoms with van der Waals surface area (Å²) in [6, 6.07) is 12.4. The highest BCUT2D eigenvalue weighted by Gasteiger charge is 2.07. The maximum atomic E-state index is 13.3. The van der Waals surface area contributed by atoms with E-state index in [2.05, 4.69) is 5.32 Å². The standard InChI is InChI=1S/C16H18FNO/c1-3-18-11-13-10-14(17)8-9-16(13)19-15-7-5-4-6-12(15)2/h4-10,18H,3,11H2,1-2H3. The van der Waals surface area contributed by atoms with Crippen LogP contribution in [0.25, 0.3) is 0 Å². The lowest BCUT2D eigenvalue weighted by Crippen LogP contribution is -2.12. The average molecular weight is 259 g/mol. The second-order valence-electron chi connectivity index (χ2n) is 4.40. The van der Waals surface area contributed by atoms with Crippen LogP contribution < -0.4 is 10.1 Å². The molecule has 2 nitrogen and oxygen atoms in total. The van der Waals surface area contributed by atoms with Gasteiger partial charge in [-0.15, -0.1) is 0 Å². The van der Waals surface area contributed by atoms with Crippen molar-refractivity contribution >= 4 is 0 Å². The van der Waals surface area contributed by atoms with Crippen LogP contribution in [0.2, 0.25) is 0 Å². The van der Waals surface area contributed by atoms with Gasteiger partial charge in [-0.1, -0.05) is 25.1 Å². The minimum absolute atomic E-state index is 0.245. The molecule has 100 valence electrons. The van der Waals surface area contributed by atoms with Crippen LogP contribution in [0.4, 0.5) is 4.39 Å². The Kier molecular flexibility index (Phi) is 4.53. The van der Waals surface area contributed by atoms with Crippen LogP contribution in [0.3, 0.4) is 0 Å². The quantitative estimate of drug-likeness (QED) is 0.875. The molecule has 0 heterocycles. The van der Waals surface area contributed by atoms with Crippen molar-refractivity contribution in [1.29, 1.82) is 0 Å². The SMILES string of the molecule is CCNCc1cc(F)ccc1Oc1ccccc1C. The molecule has 0 saturated carbocycles. The molecular weight excluding hydrogens is 241 g/mol. The van der Waals surface area contributed by atoms with Gasteiger partial charge >= 0.3 is 0 Å². The molecule has 2 aromatic rings. The lowest BCUT2D eigenvalue weighted by molar-refractivity contribution is 0.467. The normalized spacial score (nSPS) is 10.5. The van der Waals surface area contributed by atoms with Gasteiger partial charge in [0.1, 0.15) is 17.3 Å². The average Bonchev–Trinajstić information content (AvgIpc) is 2.41. The Morgan fingerprint density at radius 3 is 2.63 bits per heavy atom. The van der Waals surface area contributed by atoms with Gasteiger partial charge in [0, 0.05) is 12.1 Å². The topological polar surface area (TPSA) is 21.3 Å². The number of hydrogen-bond donors (Lipinski definition) is 1. The maximum Gasteiger partial charge on any atom is 0.132 e. The minimum atomic E-state index is -0.245. The van der Waals surface area contributed by atoms with Gasteiger partial charge in [0.2, 0.25) is 0 Å². The molecular formula is C16H18FNO. The lowest BCUT2D eigenvalue weighted by Gasteiger charge is -2.13. The van der Waals surface area contributed by atoms with Gasteiger partial charge in [0.25, 0.3) is 0 Å². The Morgan fingerprint density at radius 1 is 1.11 bits per heavy atom. The van der Waals surface area contributed by atoms with E-state index >= 15 is 0 Å². The molecule has 0 unspecified atom stereocenters. The van der Waals surface area contributed by atoms with E-state index in [-0.39, 0.29) is 5.82 Å². The Labute approximate surface area is 113 Å².